The second-order valence-electron chi connectivity index (χ2n) is 6.02. The summed E-state index contributed by atoms with van der Waals surface area (Å²) in [6.07, 6.45) is 0. The van der Waals surface area contributed by atoms with Gasteiger partial charge < -0.3 is 14.2 Å². The summed E-state index contributed by atoms with van der Waals surface area (Å²) in [5.74, 6) is -0.284. The van der Waals surface area contributed by atoms with Crippen LogP contribution in [0.2, 0.25) is 0 Å². The lowest BCUT2D eigenvalue weighted by Gasteiger charge is -2.08. The van der Waals surface area contributed by atoms with Gasteiger partial charge in [-0.15, -0.1) is 0 Å². The number of nitrogens with zero attached hydrogens (tertiary/aromatic N) is 1. The average molecular weight is 407 g/mol. The van der Waals surface area contributed by atoms with Crippen molar-refractivity contribution in [2.24, 2.45) is 0 Å². The van der Waals surface area contributed by atoms with Crippen molar-refractivity contribution in [1.82, 2.24) is 0 Å². The van der Waals surface area contributed by atoms with E-state index < -0.39 is 16.9 Å². The number of esters is 2. The molecule has 0 unspecified atom stereocenters. The molecule has 0 heterocycles. The number of rotatable bonds is 8. The molecule has 8 nitrogen and oxygen atoms in total. The van der Waals surface area contributed by atoms with Crippen molar-refractivity contribution >= 4 is 17.6 Å². The molecule has 0 aliphatic heterocycles. The number of nitro groups is 1. The van der Waals surface area contributed by atoms with Gasteiger partial charge in [0, 0.05) is 12.1 Å². The minimum atomic E-state index is -0.668. The molecule has 30 heavy (non-hydrogen) atoms. The zero-order valence-corrected chi connectivity index (χ0v) is 15.7. The van der Waals surface area contributed by atoms with Gasteiger partial charge in [-0.05, 0) is 48.5 Å². The van der Waals surface area contributed by atoms with E-state index in [-0.39, 0.29) is 30.2 Å². The number of hydrogen-bond acceptors (Lipinski definition) is 7. The average Bonchev–Trinajstić information content (AvgIpc) is 2.78. The lowest BCUT2D eigenvalue weighted by atomic mass is 10.2. The number of carbonyl (C=O) groups is 2. The topological polar surface area (TPSA) is 105 Å². The van der Waals surface area contributed by atoms with Crippen LogP contribution >= 0.6 is 0 Å². The Kier molecular flexibility index (Phi) is 6.73. The van der Waals surface area contributed by atoms with Crippen LogP contribution in [0, 0.1) is 10.1 Å². The standard InChI is InChI=1S/C22H17NO7/c24-21(29-15-14-28-19-4-2-1-3-5-19)16-8-12-20(13-9-16)30-22(25)17-6-10-18(11-7-17)23(26)27/h1-13H,14-15H2. The highest BCUT2D eigenvalue weighted by molar-refractivity contribution is 5.92. The van der Waals surface area contributed by atoms with E-state index in [1.807, 2.05) is 18.2 Å². The van der Waals surface area contributed by atoms with Gasteiger partial charge in [0.2, 0.25) is 0 Å². The fourth-order valence-electron chi connectivity index (χ4n) is 2.44. The summed E-state index contributed by atoms with van der Waals surface area (Å²) in [5, 5.41) is 10.7. The fourth-order valence-corrected chi connectivity index (χ4v) is 2.44. The van der Waals surface area contributed by atoms with Crippen LogP contribution in [0.1, 0.15) is 20.7 Å². The molecule has 3 aromatic rings. The summed E-state index contributed by atoms with van der Waals surface area (Å²) in [7, 11) is 0. The van der Waals surface area contributed by atoms with Crippen LogP contribution in [0.3, 0.4) is 0 Å². The summed E-state index contributed by atoms with van der Waals surface area (Å²) in [6.45, 7) is 0.311. The molecular weight excluding hydrogens is 390 g/mol. The van der Waals surface area contributed by atoms with Crippen molar-refractivity contribution in [2.45, 2.75) is 0 Å². The Hall–Kier alpha value is -4.20. The van der Waals surface area contributed by atoms with Gasteiger partial charge in [-0.2, -0.15) is 0 Å². The van der Waals surface area contributed by atoms with Gasteiger partial charge in [-0.1, -0.05) is 18.2 Å². The van der Waals surface area contributed by atoms with Gasteiger partial charge in [-0.25, -0.2) is 9.59 Å². The predicted octanol–water partition coefficient (Wildman–Crippen LogP) is 4.05. The third-order valence-electron chi connectivity index (χ3n) is 3.94. The molecule has 0 aliphatic rings. The van der Waals surface area contributed by atoms with E-state index in [1.165, 1.54) is 48.5 Å². The Morgan fingerprint density at radius 2 is 1.33 bits per heavy atom. The number of nitro benzene ring substituents is 1. The van der Waals surface area contributed by atoms with Gasteiger partial charge in [0.25, 0.3) is 5.69 Å². The Bertz CT molecular complexity index is 1020. The molecule has 3 rings (SSSR count). The zero-order chi connectivity index (χ0) is 21.3. The second-order valence-corrected chi connectivity index (χ2v) is 6.02. The molecule has 0 saturated heterocycles. The normalized spacial score (nSPS) is 10.1. The van der Waals surface area contributed by atoms with Crippen LogP contribution in [-0.4, -0.2) is 30.1 Å². The molecule has 0 amide bonds. The van der Waals surface area contributed by atoms with Crippen molar-refractivity contribution < 1.29 is 28.7 Å². The lowest BCUT2D eigenvalue weighted by molar-refractivity contribution is -0.384. The first kappa shape index (κ1) is 20.5. The molecule has 0 radical (unpaired) electrons. The highest BCUT2D eigenvalue weighted by Gasteiger charge is 2.13. The molecule has 0 fully saturated rings. The summed E-state index contributed by atoms with van der Waals surface area (Å²) in [4.78, 5) is 34.3. The Labute approximate surface area is 171 Å². The van der Waals surface area contributed by atoms with Crippen molar-refractivity contribution in [3.8, 4) is 11.5 Å². The van der Waals surface area contributed by atoms with E-state index in [0.717, 1.165) is 0 Å². The van der Waals surface area contributed by atoms with Gasteiger partial charge in [-0.3, -0.25) is 10.1 Å². The molecule has 0 spiro atoms. The van der Waals surface area contributed by atoms with Crippen LogP contribution in [0.25, 0.3) is 0 Å². The molecule has 3 aromatic carbocycles. The third kappa shape index (κ3) is 5.65. The zero-order valence-electron chi connectivity index (χ0n) is 15.7. The monoisotopic (exact) mass is 407 g/mol. The van der Waals surface area contributed by atoms with Crippen LogP contribution in [0.4, 0.5) is 5.69 Å². The van der Waals surface area contributed by atoms with Gasteiger partial charge in [0.1, 0.15) is 24.7 Å². The second kappa shape index (κ2) is 9.83. The van der Waals surface area contributed by atoms with Gasteiger partial charge >= 0.3 is 11.9 Å². The highest BCUT2D eigenvalue weighted by Crippen LogP contribution is 2.17. The van der Waals surface area contributed by atoms with Crippen molar-refractivity contribution in [2.75, 3.05) is 13.2 Å². The number of benzene rings is 3. The predicted molar refractivity (Wildman–Crippen MR) is 107 cm³/mol. The molecule has 0 aliphatic carbocycles. The van der Waals surface area contributed by atoms with E-state index in [0.29, 0.717) is 11.3 Å². The fraction of sp³-hybridized carbons (Fsp3) is 0.0909. The maximum Gasteiger partial charge on any atom is 0.343 e. The summed E-state index contributed by atoms with van der Waals surface area (Å²) < 4.78 is 15.8. The number of ether oxygens (including phenoxy) is 3. The van der Waals surface area contributed by atoms with E-state index in [4.69, 9.17) is 14.2 Å². The largest absolute Gasteiger partial charge is 0.490 e. The quantitative estimate of drug-likeness (QED) is 0.182. The van der Waals surface area contributed by atoms with Crippen LogP contribution in [0.15, 0.2) is 78.9 Å². The maximum atomic E-state index is 12.1. The van der Waals surface area contributed by atoms with E-state index in [9.17, 15) is 19.7 Å². The highest BCUT2D eigenvalue weighted by atomic mass is 16.6. The van der Waals surface area contributed by atoms with Gasteiger partial charge in [0.15, 0.2) is 0 Å². The van der Waals surface area contributed by atoms with Crippen LogP contribution in [0.5, 0.6) is 11.5 Å². The molecule has 0 aromatic heterocycles. The van der Waals surface area contributed by atoms with E-state index in [1.54, 1.807) is 12.1 Å². The summed E-state index contributed by atoms with van der Waals surface area (Å²) in [5.41, 5.74) is 0.343. The van der Waals surface area contributed by atoms with Crippen molar-refractivity contribution in [3.63, 3.8) is 0 Å². The van der Waals surface area contributed by atoms with E-state index in [2.05, 4.69) is 0 Å². The third-order valence-corrected chi connectivity index (χ3v) is 3.94. The van der Waals surface area contributed by atoms with Gasteiger partial charge in [0.05, 0.1) is 16.1 Å². The first-order valence-corrected chi connectivity index (χ1v) is 8.94. The van der Waals surface area contributed by atoms with Crippen molar-refractivity contribution in [1.29, 1.82) is 0 Å². The molecule has 152 valence electrons. The number of carbonyl (C=O) groups excluding carboxylic acids is 2. The SMILES string of the molecule is O=C(OCCOc1ccccc1)c1ccc(OC(=O)c2ccc([N+](=O)[O-])cc2)cc1. The van der Waals surface area contributed by atoms with Crippen LogP contribution in [-0.2, 0) is 4.74 Å². The molecule has 0 atom stereocenters. The molecule has 0 bridgehead atoms. The number of hydrogen-bond donors (Lipinski definition) is 0. The first-order chi connectivity index (χ1) is 14.5. The molecular formula is C22H17NO7. The Morgan fingerprint density at radius 1 is 0.733 bits per heavy atom. The number of para-hydroxylation sites is 1. The Balaban J connectivity index is 1.48. The van der Waals surface area contributed by atoms with Crippen molar-refractivity contribution in [3.05, 3.63) is 100 Å². The first-order valence-electron chi connectivity index (χ1n) is 8.94. The minimum absolute atomic E-state index is 0.0879. The molecule has 0 saturated carbocycles. The Morgan fingerprint density at radius 3 is 1.97 bits per heavy atom. The number of non-ortho nitro benzene ring substituents is 1. The molecule has 8 heteroatoms. The maximum absolute atomic E-state index is 12.1. The lowest BCUT2D eigenvalue weighted by Crippen LogP contribution is -2.12. The molecule has 0 N–H and O–H groups in total. The summed E-state index contributed by atoms with van der Waals surface area (Å²) in [6, 6.07) is 20.1. The van der Waals surface area contributed by atoms with Crippen LogP contribution < -0.4 is 9.47 Å². The van der Waals surface area contributed by atoms with E-state index >= 15 is 0 Å². The smallest absolute Gasteiger partial charge is 0.343 e. The summed E-state index contributed by atoms with van der Waals surface area (Å²) >= 11 is 0. The minimum Gasteiger partial charge on any atom is -0.490 e.